The molecule has 0 fully saturated rings. The molecule has 13 heavy (non-hydrogen) atoms. The number of aliphatic hydroxyl groups is 2. The van der Waals surface area contributed by atoms with Crippen LogP contribution in [0.4, 0.5) is 5.69 Å². The van der Waals surface area contributed by atoms with Crippen LogP contribution < -0.4 is 5.43 Å². The summed E-state index contributed by atoms with van der Waals surface area (Å²) in [4.78, 5) is 9.94. The van der Waals surface area contributed by atoms with Gasteiger partial charge in [-0.25, -0.2) is 5.43 Å². The minimum atomic E-state index is -0.177. The average molecular weight is 182 g/mol. The second-order valence-corrected chi connectivity index (χ2v) is 2.51. The van der Waals surface area contributed by atoms with Crippen LogP contribution in [-0.4, -0.2) is 10.2 Å². The maximum absolute atomic E-state index is 9.94. The van der Waals surface area contributed by atoms with Gasteiger partial charge >= 0.3 is 0 Å². The largest absolute Gasteiger partial charge is 0.392 e. The number of benzene rings is 1. The number of aliphatic hydroxyl groups excluding tert-OH is 2. The zero-order chi connectivity index (χ0) is 9.68. The van der Waals surface area contributed by atoms with Crippen LogP contribution in [0.25, 0.3) is 0 Å². The van der Waals surface area contributed by atoms with Crippen molar-refractivity contribution in [2.75, 3.05) is 5.43 Å². The molecule has 0 radical (unpaired) electrons. The van der Waals surface area contributed by atoms with E-state index in [4.69, 9.17) is 10.2 Å². The van der Waals surface area contributed by atoms with Crippen molar-refractivity contribution < 1.29 is 10.2 Å². The maximum Gasteiger partial charge on any atom is 0.0702 e. The molecule has 0 saturated heterocycles. The Labute approximate surface area is 75.0 Å². The number of nitrogens with zero attached hydrogens (tertiary/aromatic N) is 1. The molecule has 70 valence electrons. The Morgan fingerprint density at radius 2 is 2.08 bits per heavy atom. The molecule has 0 saturated carbocycles. The SMILES string of the molecule is O=NNc1cc(CO)ccc1CO. The number of hydrogen-bond donors (Lipinski definition) is 3. The highest BCUT2D eigenvalue weighted by atomic mass is 16.3. The second-order valence-electron chi connectivity index (χ2n) is 2.51. The first-order valence-corrected chi connectivity index (χ1v) is 3.73. The second kappa shape index (κ2) is 4.54. The van der Waals surface area contributed by atoms with Gasteiger partial charge in [0.25, 0.3) is 0 Å². The van der Waals surface area contributed by atoms with E-state index in [9.17, 15) is 4.91 Å². The van der Waals surface area contributed by atoms with E-state index in [-0.39, 0.29) is 13.2 Å². The Hall–Kier alpha value is -1.46. The highest BCUT2D eigenvalue weighted by Crippen LogP contribution is 2.17. The molecule has 0 amide bonds. The van der Waals surface area contributed by atoms with Crippen molar-refractivity contribution in [2.24, 2.45) is 5.29 Å². The van der Waals surface area contributed by atoms with Crippen molar-refractivity contribution in [1.82, 2.24) is 0 Å². The van der Waals surface area contributed by atoms with Crippen molar-refractivity contribution in [3.8, 4) is 0 Å². The van der Waals surface area contributed by atoms with Gasteiger partial charge in [0.1, 0.15) is 0 Å². The van der Waals surface area contributed by atoms with Crippen molar-refractivity contribution in [3.63, 3.8) is 0 Å². The van der Waals surface area contributed by atoms with Gasteiger partial charge in [-0.15, -0.1) is 4.91 Å². The van der Waals surface area contributed by atoms with E-state index >= 15 is 0 Å². The smallest absolute Gasteiger partial charge is 0.0702 e. The molecule has 0 aliphatic rings. The summed E-state index contributed by atoms with van der Waals surface area (Å²) >= 11 is 0. The van der Waals surface area contributed by atoms with Gasteiger partial charge in [0.15, 0.2) is 0 Å². The molecular weight excluding hydrogens is 172 g/mol. The molecule has 1 aromatic rings. The molecule has 0 aliphatic carbocycles. The van der Waals surface area contributed by atoms with Crippen molar-refractivity contribution in [1.29, 1.82) is 0 Å². The lowest BCUT2D eigenvalue weighted by molar-refractivity contribution is 0.278. The van der Waals surface area contributed by atoms with E-state index in [2.05, 4.69) is 10.7 Å². The molecule has 0 unspecified atom stereocenters. The predicted octanol–water partition coefficient (Wildman–Crippen LogP) is 0.764. The third-order valence-electron chi connectivity index (χ3n) is 1.69. The molecule has 0 bridgehead atoms. The van der Waals surface area contributed by atoms with Gasteiger partial charge < -0.3 is 10.2 Å². The predicted molar refractivity (Wildman–Crippen MR) is 47.7 cm³/mol. The zero-order valence-electron chi connectivity index (χ0n) is 6.90. The summed E-state index contributed by atoms with van der Waals surface area (Å²) in [5, 5.41) is 20.2. The molecular formula is C8H10N2O3. The standard InChI is InChI=1S/C8H10N2O3/c11-4-6-1-2-7(5-12)8(3-6)9-10-13/h1-3,11-12H,4-5H2,(H,9,13). The average Bonchev–Trinajstić information content (AvgIpc) is 2.18. The van der Waals surface area contributed by atoms with E-state index in [1.807, 2.05) is 0 Å². The van der Waals surface area contributed by atoms with Crippen LogP contribution >= 0.6 is 0 Å². The molecule has 0 heterocycles. The minimum absolute atomic E-state index is 0.112. The number of nitrogens with one attached hydrogen (secondary N) is 1. The van der Waals surface area contributed by atoms with Gasteiger partial charge in [-0.05, 0) is 11.6 Å². The first-order valence-electron chi connectivity index (χ1n) is 3.73. The third kappa shape index (κ3) is 2.24. The number of anilines is 1. The summed E-state index contributed by atoms with van der Waals surface area (Å²) in [5.74, 6) is 0. The fraction of sp³-hybridized carbons (Fsp3) is 0.250. The topological polar surface area (TPSA) is 81.9 Å². The molecule has 1 aromatic carbocycles. The van der Waals surface area contributed by atoms with Crippen LogP contribution in [-0.2, 0) is 13.2 Å². The molecule has 1 rings (SSSR count). The van der Waals surface area contributed by atoms with Crippen molar-refractivity contribution >= 4 is 5.69 Å². The highest BCUT2D eigenvalue weighted by Gasteiger charge is 2.02. The highest BCUT2D eigenvalue weighted by molar-refractivity contribution is 5.52. The summed E-state index contributed by atoms with van der Waals surface area (Å²) < 4.78 is 0. The zero-order valence-corrected chi connectivity index (χ0v) is 6.90. The van der Waals surface area contributed by atoms with Crippen LogP contribution in [0, 0.1) is 4.91 Å². The van der Waals surface area contributed by atoms with Crippen LogP contribution in [0.15, 0.2) is 23.5 Å². The Morgan fingerprint density at radius 1 is 1.31 bits per heavy atom. The normalized spacial score (nSPS) is 9.69. The summed E-state index contributed by atoms with van der Waals surface area (Å²) in [6, 6.07) is 4.85. The summed E-state index contributed by atoms with van der Waals surface area (Å²) in [5.41, 5.74) is 3.84. The van der Waals surface area contributed by atoms with Crippen LogP contribution in [0.3, 0.4) is 0 Å². The van der Waals surface area contributed by atoms with E-state index in [1.165, 1.54) is 0 Å². The number of rotatable bonds is 4. The van der Waals surface area contributed by atoms with Gasteiger partial charge in [-0.1, -0.05) is 12.1 Å². The molecule has 0 spiro atoms. The summed E-state index contributed by atoms with van der Waals surface area (Å²) in [6.07, 6.45) is 0. The Morgan fingerprint density at radius 3 is 2.62 bits per heavy atom. The van der Waals surface area contributed by atoms with Gasteiger partial charge in [0.05, 0.1) is 24.2 Å². The quantitative estimate of drug-likeness (QED) is 0.474. The van der Waals surface area contributed by atoms with Gasteiger partial charge in [0.2, 0.25) is 0 Å². The first-order chi connectivity index (χ1) is 6.31. The Kier molecular flexibility index (Phi) is 3.36. The van der Waals surface area contributed by atoms with Crippen molar-refractivity contribution in [3.05, 3.63) is 34.2 Å². The van der Waals surface area contributed by atoms with Gasteiger partial charge in [-0.3, -0.25) is 0 Å². The lowest BCUT2D eigenvalue weighted by Gasteiger charge is -2.05. The fourth-order valence-corrected chi connectivity index (χ4v) is 1.01. The van der Waals surface area contributed by atoms with Crippen LogP contribution in [0.1, 0.15) is 11.1 Å². The van der Waals surface area contributed by atoms with Gasteiger partial charge in [-0.2, -0.15) is 0 Å². The van der Waals surface area contributed by atoms with Crippen LogP contribution in [0.5, 0.6) is 0 Å². The maximum atomic E-state index is 9.94. The summed E-state index contributed by atoms with van der Waals surface area (Å²) in [7, 11) is 0. The molecule has 5 nitrogen and oxygen atoms in total. The lowest BCUT2D eigenvalue weighted by atomic mass is 10.1. The van der Waals surface area contributed by atoms with E-state index < -0.39 is 0 Å². The van der Waals surface area contributed by atoms with Crippen LogP contribution in [0.2, 0.25) is 0 Å². The first kappa shape index (κ1) is 9.63. The summed E-state index contributed by atoms with van der Waals surface area (Å²) in [6.45, 7) is -0.289. The molecule has 5 heteroatoms. The Balaban J connectivity index is 3.01. The molecule has 3 N–H and O–H groups in total. The number of hydrogen-bond acceptors (Lipinski definition) is 4. The monoisotopic (exact) mass is 182 g/mol. The Bertz CT molecular complexity index is 301. The third-order valence-corrected chi connectivity index (χ3v) is 1.69. The molecule has 0 aliphatic heterocycles. The van der Waals surface area contributed by atoms with E-state index in [0.717, 1.165) is 0 Å². The fourth-order valence-electron chi connectivity index (χ4n) is 1.01. The van der Waals surface area contributed by atoms with Crippen molar-refractivity contribution in [2.45, 2.75) is 13.2 Å². The lowest BCUT2D eigenvalue weighted by Crippen LogP contribution is -1.96. The van der Waals surface area contributed by atoms with E-state index in [0.29, 0.717) is 16.8 Å². The minimum Gasteiger partial charge on any atom is -0.392 e. The number of nitroso groups, excluding NO2 is 1. The molecule has 0 atom stereocenters. The molecule has 0 aromatic heterocycles. The van der Waals surface area contributed by atoms with Gasteiger partial charge in [0, 0.05) is 5.56 Å². The van der Waals surface area contributed by atoms with E-state index in [1.54, 1.807) is 18.2 Å².